The fourth-order valence-corrected chi connectivity index (χ4v) is 2.89. The van der Waals surface area contributed by atoms with Crippen LogP contribution in [0.5, 0.6) is 0 Å². The first kappa shape index (κ1) is 17.7. The second-order valence-electron chi connectivity index (χ2n) is 6.65. The van der Waals surface area contributed by atoms with Crippen LogP contribution in [0, 0.1) is 20.8 Å². The summed E-state index contributed by atoms with van der Waals surface area (Å²) in [4.78, 5) is 9.32. The Morgan fingerprint density at radius 2 is 1.61 bits per heavy atom. The lowest BCUT2D eigenvalue weighted by Crippen LogP contribution is -2.04. The van der Waals surface area contributed by atoms with E-state index in [2.05, 4.69) is 40.7 Å². The molecule has 2 aromatic heterocycles. The summed E-state index contributed by atoms with van der Waals surface area (Å²) in [5.74, 6) is 2.48. The molecule has 2 aromatic carbocycles. The van der Waals surface area contributed by atoms with E-state index in [1.165, 1.54) is 5.56 Å². The van der Waals surface area contributed by atoms with E-state index in [4.69, 9.17) is 9.51 Å². The van der Waals surface area contributed by atoms with E-state index in [1.54, 1.807) is 0 Å². The van der Waals surface area contributed by atoms with Gasteiger partial charge in [-0.05, 0) is 38.0 Å². The number of nitrogens with one attached hydrogen (secondary N) is 2. The van der Waals surface area contributed by atoms with Crippen molar-refractivity contribution in [2.24, 2.45) is 0 Å². The minimum atomic E-state index is 0.512. The van der Waals surface area contributed by atoms with Gasteiger partial charge in [0.25, 0.3) is 0 Å². The molecule has 0 atom stereocenters. The van der Waals surface area contributed by atoms with E-state index in [1.807, 2.05) is 61.5 Å². The van der Waals surface area contributed by atoms with Gasteiger partial charge < -0.3 is 15.2 Å². The molecule has 0 radical (unpaired) electrons. The first-order valence-electron chi connectivity index (χ1n) is 9.06. The molecule has 0 unspecified atom stereocenters. The smallest absolute Gasteiger partial charge is 0.229 e. The summed E-state index contributed by atoms with van der Waals surface area (Å²) in [6, 6.07) is 19.8. The van der Waals surface area contributed by atoms with E-state index >= 15 is 0 Å². The molecule has 6 heteroatoms. The molecule has 2 N–H and O–H groups in total. The quantitative estimate of drug-likeness (QED) is 0.479. The molecule has 0 saturated heterocycles. The van der Waals surface area contributed by atoms with E-state index in [-0.39, 0.29) is 0 Å². The molecular weight excluding hydrogens is 350 g/mol. The van der Waals surface area contributed by atoms with Gasteiger partial charge in [0.1, 0.15) is 11.6 Å². The molecule has 4 aromatic rings. The van der Waals surface area contributed by atoms with Crippen molar-refractivity contribution < 1.29 is 4.52 Å². The van der Waals surface area contributed by atoms with Crippen molar-refractivity contribution in [2.45, 2.75) is 20.8 Å². The van der Waals surface area contributed by atoms with Gasteiger partial charge in [-0.2, -0.15) is 4.98 Å². The molecule has 0 aliphatic carbocycles. The molecule has 2 heterocycles. The Hall–Kier alpha value is -3.67. The van der Waals surface area contributed by atoms with Crippen LogP contribution in [0.25, 0.3) is 11.3 Å². The molecule has 0 aliphatic heterocycles. The highest BCUT2D eigenvalue weighted by atomic mass is 16.5. The fourth-order valence-electron chi connectivity index (χ4n) is 2.89. The van der Waals surface area contributed by atoms with Crippen molar-refractivity contribution in [1.82, 2.24) is 15.1 Å². The second kappa shape index (κ2) is 7.52. The maximum absolute atomic E-state index is 5.13. The number of rotatable bonds is 5. The predicted octanol–water partition coefficient (Wildman–Crippen LogP) is 5.54. The first-order chi connectivity index (χ1) is 13.6. The van der Waals surface area contributed by atoms with Crippen LogP contribution in [0.4, 0.5) is 23.3 Å². The number of anilines is 4. The van der Waals surface area contributed by atoms with Gasteiger partial charge in [0, 0.05) is 23.4 Å². The lowest BCUT2D eigenvalue weighted by atomic mass is 10.1. The lowest BCUT2D eigenvalue weighted by molar-refractivity contribution is 0.400. The standard InChI is InChI=1S/C22H21N5O/c1-14-8-7-11-18(16(14)3)23-22-24-19(17-9-5-4-6-10-17)13-20(26-22)25-21-12-15(2)28-27-21/h4-13H,1-3H3,(H2,23,24,25,26,27). The molecular formula is C22H21N5O. The fraction of sp³-hybridized carbons (Fsp3) is 0.136. The minimum Gasteiger partial charge on any atom is -0.360 e. The average Bonchev–Trinajstić information content (AvgIpc) is 3.10. The normalized spacial score (nSPS) is 10.7. The van der Waals surface area contributed by atoms with Crippen molar-refractivity contribution in [2.75, 3.05) is 10.6 Å². The van der Waals surface area contributed by atoms with Crippen LogP contribution in [-0.2, 0) is 0 Å². The summed E-state index contributed by atoms with van der Waals surface area (Å²) in [5.41, 5.74) is 5.17. The van der Waals surface area contributed by atoms with Gasteiger partial charge in [-0.25, -0.2) is 4.98 Å². The Morgan fingerprint density at radius 1 is 0.786 bits per heavy atom. The zero-order chi connectivity index (χ0) is 19.5. The first-order valence-corrected chi connectivity index (χ1v) is 9.06. The molecule has 28 heavy (non-hydrogen) atoms. The molecule has 0 aliphatic rings. The number of nitrogens with zero attached hydrogens (tertiary/aromatic N) is 3. The lowest BCUT2D eigenvalue weighted by Gasteiger charge is -2.13. The number of hydrogen-bond acceptors (Lipinski definition) is 6. The zero-order valence-corrected chi connectivity index (χ0v) is 16.0. The molecule has 6 nitrogen and oxygen atoms in total. The maximum Gasteiger partial charge on any atom is 0.229 e. The van der Waals surface area contributed by atoms with Crippen molar-refractivity contribution in [3.05, 3.63) is 77.6 Å². The maximum atomic E-state index is 5.13. The Morgan fingerprint density at radius 3 is 2.36 bits per heavy atom. The van der Waals surface area contributed by atoms with Crippen molar-refractivity contribution in [1.29, 1.82) is 0 Å². The van der Waals surface area contributed by atoms with Gasteiger partial charge in [-0.1, -0.05) is 47.6 Å². The molecule has 0 saturated carbocycles. The minimum absolute atomic E-state index is 0.512. The molecule has 0 spiro atoms. The summed E-state index contributed by atoms with van der Waals surface area (Å²) < 4.78 is 5.13. The molecule has 0 bridgehead atoms. The summed E-state index contributed by atoms with van der Waals surface area (Å²) >= 11 is 0. The largest absolute Gasteiger partial charge is 0.360 e. The van der Waals surface area contributed by atoms with Crippen molar-refractivity contribution >= 4 is 23.3 Å². The average molecular weight is 371 g/mol. The summed E-state index contributed by atoms with van der Waals surface area (Å²) in [6.45, 7) is 6.01. The van der Waals surface area contributed by atoms with Gasteiger partial charge in [0.15, 0.2) is 5.82 Å². The second-order valence-corrected chi connectivity index (χ2v) is 6.65. The molecule has 0 amide bonds. The Labute approximate surface area is 163 Å². The topological polar surface area (TPSA) is 75.9 Å². The highest BCUT2D eigenvalue weighted by Crippen LogP contribution is 2.26. The van der Waals surface area contributed by atoms with Crippen LogP contribution in [0.15, 0.2) is 65.2 Å². The third kappa shape index (κ3) is 3.86. The Kier molecular flexibility index (Phi) is 4.76. The highest BCUT2D eigenvalue weighted by Gasteiger charge is 2.10. The van der Waals surface area contributed by atoms with Crippen LogP contribution in [0.3, 0.4) is 0 Å². The Balaban J connectivity index is 1.74. The number of aromatic nitrogens is 3. The third-order valence-electron chi connectivity index (χ3n) is 4.53. The van der Waals surface area contributed by atoms with Crippen molar-refractivity contribution in [3.8, 4) is 11.3 Å². The Bertz CT molecular complexity index is 1110. The number of hydrogen-bond donors (Lipinski definition) is 2. The van der Waals surface area contributed by atoms with Gasteiger partial charge in [0.05, 0.1) is 5.69 Å². The predicted molar refractivity (Wildman–Crippen MR) is 111 cm³/mol. The summed E-state index contributed by atoms with van der Waals surface area (Å²) in [6.07, 6.45) is 0. The summed E-state index contributed by atoms with van der Waals surface area (Å²) in [5, 5.41) is 10.5. The van der Waals surface area contributed by atoms with E-state index in [0.29, 0.717) is 17.6 Å². The molecule has 0 fully saturated rings. The van der Waals surface area contributed by atoms with E-state index in [9.17, 15) is 0 Å². The molecule has 4 rings (SSSR count). The van der Waals surface area contributed by atoms with Crippen LogP contribution in [0.1, 0.15) is 16.9 Å². The van der Waals surface area contributed by atoms with Crippen LogP contribution < -0.4 is 10.6 Å². The molecule has 140 valence electrons. The van der Waals surface area contributed by atoms with E-state index < -0.39 is 0 Å². The van der Waals surface area contributed by atoms with Gasteiger partial charge >= 0.3 is 0 Å². The highest BCUT2D eigenvalue weighted by molar-refractivity contribution is 5.69. The number of aryl methyl sites for hydroxylation is 2. The SMILES string of the molecule is Cc1cc(Nc2cc(-c3ccccc3)nc(Nc3cccc(C)c3C)n2)no1. The zero-order valence-electron chi connectivity index (χ0n) is 16.0. The van der Waals surface area contributed by atoms with Crippen LogP contribution in [-0.4, -0.2) is 15.1 Å². The summed E-state index contributed by atoms with van der Waals surface area (Å²) in [7, 11) is 0. The van der Waals surface area contributed by atoms with Gasteiger partial charge in [-0.3, -0.25) is 0 Å². The van der Waals surface area contributed by atoms with Crippen molar-refractivity contribution in [3.63, 3.8) is 0 Å². The van der Waals surface area contributed by atoms with Gasteiger partial charge in [0.2, 0.25) is 5.95 Å². The van der Waals surface area contributed by atoms with Crippen LogP contribution in [0.2, 0.25) is 0 Å². The number of benzene rings is 2. The van der Waals surface area contributed by atoms with Gasteiger partial charge in [-0.15, -0.1) is 0 Å². The van der Waals surface area contributed by atoms with Crippen LogP contribution >= 0.6 is 0 Å². The monoisotopic (exact) mass is 371 g/mol. The third-order valence-corrected chi connectivity index (χ3v) is 4.53. The van der Waals surface area contributed by atoms with E-state index in [0.717, 1.165) is 28.3 Å².